The van der Waals surface area contributed by atoms with E-state index in [1.54, 1.807) is 24.1 Å². The first-order chi connectivity index (χ1) is 10.1. The number of hydrogen-bond acceptors (Lipinski definition) is 3. The molecule has 0 spiro atoms. The molecule has 0 unspecified atom stereocenters. The smallest absolute Gasteiger partial charge is 0.240 e. The van der Waals surface area contributed by atoms with Crippen LogP contribution in [0.5, 0.6) is 0 Å². The van der Waals surface area contributed by atoms with E-state index in [4.69, 9.17) is 0 Å². The van der Waals surface area contributed by atoms with E-state index < -0.39 is 15.4 Å². The van der Waals surface area contributed by atoms with Gasteiger partial charge in [-0.1, -0.05) is 13.3 Å². The van der Waals surface area contributed by atoms with Gasteiger partial charge in [0, 0.05) is 13.6 Å². The normalized spacial score (nSPS) is 17.0. The predicted octanol–water partition coefficient (Wildman–Crippen LogP) is 2.33. The van der Waals surface area contributed by atoms with Crippen LogP contribution in [-0.4, -0.2) is 27.9 Å². The minimum absolute atomic E-state index is 0.0147. The molecule has 0 fully saturated rings. The number of nitrogens with zero attached hydrogens (tertiary/aromatic N) is 1. The number of aryl methyl sites for hydroxylation is 1. The van der Waals surface area contributed by atoms with Crippen LogP contribution in [0.15, 0.2) is 17.0 Å². The molecule has 1 amide bonds. The average molecular weight is 324 g/mol. The molecular weight excluding hydrogens is 300 g/mol. The molecular formula is C16H24N2O3S. The van der Waals surface area contributed by atoms with Crippen molar-refractivity contribution >= 4 is 21.6 Å². The van der Waals surface area contributed by atoms with Crippen molar-refractivity contribution in [2.24, 2.45) is 0 Å². The predicted molar refractivity (Wildman–Crippen MR) is 87.7 cm³/mol. The lowest BCUT2D eigenvalue weighted by atomic mass is 9.85. The maximum atomic E-state index is 12.4. The van der Waals surface area contributed by atoms with Gasteiger partial charge in [-0.3, -0.25) is 4.79 Å². The zero-order chi connectivity index (χ0) is 16.7. The molecule has 2 rings (SSSR count). The van der Waals surface area contributed by atoms with E-state index in [1.165, 1.54) is 0 Å². The molecule has 22 heavy (non-hydrogen) atoms. The molecule has 1 aliphatic rings. The zero-order valence-corrected chi connectivity index (χ0v) is 14.7. The van der Waals surface area contributed by atoms with Gasteiger partial charge in [-0.15, -0.1) is 0 Å². The number of rotatable bonds is 5. The first-order valence-electron chi connectivity index (χ1n) is 7.56. The zero-order valence-electron chi connectivity index (χ0n) is 13.9. The lowest BCUT2D eigenvalue weighted by Crippen LogP contribution is -2.33. The summed E-state index contributed by atoms with van der Waals surface area (Å²) >= 11 is 0. The van der Waals surface area contributed by atoms with Crippen molar-refractivity contribution in [3.63, 3.8) is 0 Å². The van der Waals surface area contributed by atoms with Crippen molar-refractivity contribution in [3.8, 4) is 0 Å². The van der Waals surface area contributed by atoms with Gasteiger partial charge in [-0.05, 0) is 50.5 Å². The third-order valence-electron chi connectivity index (χ3n) is 4.25. The Balaban J connectivity index is 2.50. The summed E-state index contributed by atoms with van der Waals surface area (Å²) in [6.45, 7) is 7.94. The molecule has 122 valence electrons. The van der Waals surface area contributed by atoms with Crippen molar-refractivity contribution in [1.29, 1.82) is 0 Å². The lowest BCUT2D eigenvalue weighted by Gasteiger charge is -2.17. The number of likely N-dealkylation sites (N-methyl/N-ethyl adjacent to an activating group) is 1. The Kier molecular flexibility index (Phi) is 4.37. The Bertz CT molecular complexity index is 708. The van der Waals surface area contributed by atoms with Gasteiger partial charge in [-0.25, -0.2) is 13.1 Å². The van der Waals surface area contributed by atoms with Crippen molar-refractivity contribution < 1.29 is 13.2 Å². The number of fused-ring (bicyclic) bond motifs is 1. The molecule has 0 aliphatic carbocycles. The third-order valence-corrected chi connectivity index (χ3v) is 5.70. The van der Waals surface area contributed by atoms with Crippen LogP contribution >= 0.6 is 0 Å². The molecule has 1 N–H and O–H groups in total. The maximum Gasteiger partial charge on any atom is 0.240 e. The number of carbonyl (C=O) groups excluding carboxylic acids is 1. The summed E-state index contributed by atoms with van der Waals surface area (Å²) in [5.74, 6) is -0.0147. The molecule has 0 aromatic heterocycles. The van der Waals surface area contributed by atoms with Crippen molar-refractivity contribution in [2.75, 3.05) is 18.5 Å². The second-order valence-electron chi connectivity index (χ2n) is 6.38. The number of sulfonamides is 1. The fourth-order valence-electron chi connectivity index (χ4n) is 2.93. The summed E-state index contributed by atoms with van der Waals surface area (Å²) in [6.07, 6.45) is 1.73. The van der Waals surface area contributed by atoms with Crippen molar-refractivity contribution in [2.45, 2.75) is 50.8 Å². The molecule has 0 radical (unpaired) electrons. The number of amides is 1. The van der Waals surface area contributed by atoms with Crippen LogP contribution < -0.4 is 9.62 Å². The van der Waals surface area contributed by atoms with E-state index >= 15 is 0 Å². The molecule has 0 saturated carbocycles. The van der Waals surface area contributed by atoms with Gasteiger partial charge in [0.25, 0.3) is 0 Å². The highest BCUT2D eigenvalue weighted by molar-refractivity contribution is 7.89. The first kappa shape index (κ1) is 17.0. The molecule has 0 bridgehead atoms. The monoisotopic (exact) mass is 324 g/mol. The number of hydrogen-bond donors (Lipinski definition) is 1. The summed E-state index contributed by atoms with van der Waals surface area (Å²) in [6, 6.07) is 3.27. The van der Waals surface area contributed by atoms with Crippen LogP contribution in [0.2, 0.25) is 0 Å². The molecule has 6 heteroatoms. The highest BCUT2D eigenvalue weighted by Crippen LogP contribution is 2.43. The van der Waals surface area contributed by atoms with Gasteiger partial charge in [0.1, 0.15) is 0 Å². The summed E-state index contributed by atoms with van der Waals surface area (Å²) in [5, 5.41) is 0. The number of anilines is 1. The Morgan fingerprint density at radius 1 is 1.27 bits per heavy atom. The SMILES string of the molecule is CCCCNS(=O)(=O)c1cc(C)c2c(c1)C(C)(C)C(=O)N2C. The topological polar surface area (TPSA) is 66.5 Å². The Morgan fingerprint density at radius 3 is 2.50 bits per heavy atom. The molecule has 1 aromatic carbocycles. The van der Waals surface area contributed by atoms with Crippen LogP contribution in [-0.2, 0) is 20.2 Å². The van der Waals surface area contributed by atoms with Gasteiger partial charge in [-0.2, -0.15) is 0 Å². The summed E-state index contributed by atoms with van der Waals surface area (Å²) in [5.41, 5.74) is 1.69. The van der Waals surface area contributed by atoms with Crippen LogP contribution in [0.1, 0.15) is 44.7 Å². The maximum absolute atomic E-state index is 12.4. The number of unbranched alkanes of at least 4 members (excludes halogenated alkanes) is 1. The standard InChI is InChI=1S/C16H24N2O3S/c1-6-7-8-17-22(20,21)12-9-11(2)14-13(10-12)16(3,4)15(19)18(14)5/h9-10,17H,6-8H2,1-5H3. The summed E-state index contributed by atoms with van der Waals surface area (Å²) < 4.78 is 27.5. The molecule has 1 aromatic rings. The van der Waals surface area contributed by atoms with Crippen LogP contribution in [0.3, 0.4) is 0 Å². The van der Waals surface area contributed by atoms with Gasteiger partial charge < -0.3 is 4.90 Å². The molecule has 5 nitrogen and oxygen atoms in total. The van der Waals surface area contributed by atoms with E-state index in [9.17, 15) is 13.2 Å². The summed E-state index contributed by atoms with van der Waals surface area (Å²) in [4.78, 5) is 14.2. The lowest BCUT2D eigenvalue weighted by molar-refractivity contribution is -0.121. The first-order valence-corrected chi connectivity index (χ1v) is 9.04. The van der Waals surface area contributed by atoms with E-state index in [1.807, 2.05) is 27.7 Å². The van der Waals surface area contributed by atoms with E-state index in [-0.39, 0.29) is 10.8 Å². The van der Waals surface area contributed by atoms with Crippen LogP contribution in [0.25, 0.3) is 0 Å². The second kappa shape index (κ2) is 5.66. The Hall–Kier alpha value is -1.40. The summed E-state index contributed by atoms with van der Waals surface area (Å²) in [7, 11) is -1.81. The van der Waals surface area contributed by atoms with Gasteiger partial charge in [0.2, 0.25) is 15.9 Å². The van der Waals surface area contributed by atoms with Gasteiger partial charge >= 0.3 is 0 Å². The molecule has 1 heterocycles. The fraction of sp³-hybridized carbons (Fsp3) is 0.562. The highest BCUT2D eigenvalue weighted by Gasteiger charge is 2.43. The van der Waals surface area contributed by atoms with E-state index in [2.05, 4.69) is 4.72 Å². The molecule has 1 aliphatic heterocycles. The average Bonchev–Trinajstić information content (AvgIpc) is 2.61. The number of nitrogens with one attached hydrogen (secondary N) is 1. The number of benzene rings is 1. The minimum atomic E-state index is -3.54. The van der Waals surface area contributed by atoms with E-state index in [0.29, 0.717) is 6.54 Å². The largest absolute Gasteiger partial charge is 0.314 e. The Labute approximate surface area is 132 Å². The second-order valence-corrected chi connectivity index (χ2v) is 8.14. The van der Waals surface area contributed by atoms with Crippen molar-refractivity contribution in [1.82, 2.24) is 4.72 Å². The highest BCUT2D eigenvalue weighted by atomic mass is 32.2. The quantitative estimate of drug-likeness (QED) is 0.845. The van der Waals surface area contributed by atoms with Crippen LogP contribution in [0.4, 0.5) is 5.69 Å². The number of carbonyl (C=O) groups is 1. The van der Waals surface area contributed by atoms with Crippen molar-refractivity contribution in [3.05, 3.63) is 23.3 Å². The van der Waals surface area contributed by atoms with Crippen LogP contribution in [0, 0.1) is 6.92 Å². The fourth-order valence-corrected chi connectivity index (χ4v) is 4.11. The molecule has 0 atom stereocenters. The Morgan fingerprint density at radius 2 is 1.91 bits per heavy atom. The molecule has 0 saturated heterocycles. The van der Waals surface area contributed by atoms with E-state index in [0.717, 1.165) is 29.7 Å². The van der Waals surface area contributed by atoms with Gasteiger partial charge in [0.15, 0.2) is 0 Å². The minimum Gasteiger partial charge on any atom is -0.314 e. The van der Waals surface area contributed by atoms with Gasteiger partial charge in [0.05, 0.1) is 16.0 Å². The third kappa shape index (κ3) is 2.65.